The Bertz CT molecular complexity index is 406. The maximum Gasteiger partial charge on any atom is 0.335 e. The van der Waals surface area contributed by atoms with Crippen molar-refractivity contribution in [3.63, 3.8) is 0 Å². The topological polar surface area (TPSA) is 77.8 Å². The lowest BCUT2D eigenvalue weighted by Crippen LogP contribution is -2.11. The minimum atomic E-state index is -3.24. The van der Waals surface area contributed by atoms with E-state index in [0.29, 0.717) is 17.7 Å². The van der Waals surface area contributed by atoms with Crippen molar-refractivity contribution in [1.82, 2.24) is 0 Å². The van der Waals surface area contributed by atoms with Crippen molar-refractivity contribution < 1.29 is 19.7 Å². The molecule has 106 valence electrons. The van der Waals surface area contributed by atoms with Gasteiger partial charge in [0, 0.05) is 6.42 Å². The highest BCUT2D eigenvalue weighted by atomic mass is 31.2. The molecule has 19 heavy (non-hydrogen) atoms. The van der Waals surface area contributed by atoms with Gasteiger partial charge >= 0.3 is 5.97 Å². The fraction of sp³-hybridized carbons (Fsp3) is 0.643. The molecule has 0 saturated heterocycles. The molecule has 0 radical (unpaired) electrons. The zero-order chi connectivity index (χ0) is 13.9. The minimum absolute atomic E-state index is 0.106. The summed E-state index contributed by atoms with van der Waals surface area (Å²) in [6, 6.07) is 0. The van der Waals surface area contributed by atoms with Crippen LogP contribution in [0.5, 0.6) is 0 Å². The first-order valence-electron chi connectivity index (χ1n) is 6.96. The molecule has 5 heteroatoms. The van der Waals surface area contributed by atoms with E-state index in [9.17, 15) is 19.7 Å². The minimum Gasteiger partial charge on any atom is -0.478 e. The molecule has 0 bridgehead atoms. The fourth-order valence-electron chi connectivity index (χ4n) is 2.92. The number of allylic oxidation sites excluding steroid dienone is 3. The molecular formula is C14H22O4P+. The molecule has 3 N–H and O–H groups in total. The predicted octanol–water partition coefficient (Wildman–Crippen LogP) is 3.09. The van der Waals surface area contributed by atoms with Crippen molar-refractivity contribution >= 4 is 13.7 Å². The molecule has 0 heterocycles. The highest BCUT2D eigenvalue weighted by molar-refractivity contribution is 7.69. The van der Waals surface area contributed by atoms with Crippen LogP contribution in [0, 0.1) is 5.92 Å². The Hall–Kier alpha value is -0.700. The summed E-state index contributed by atoms with van der Waals surface area (Å²) in [7, 11) is -3.24. The number of carboxylic acids is 1. The molecule has 1 saturated carbocycles. The lowest BCUT2D eigenvalue weighted by Gasteiger charge is -2.14. The van der Waals surface area contributed by atoms with Gasteiger partial charge in [0.05, 0.1) is 5.57 Å². The van der Waals surface area contributed by atoms with Crippen molar-refractivity contribution in [1.29, 1.82) is 0 Å². The summed E-state index contributed by atoms with van der Waals surface area (Å²) >= 11 is 0. The van der Waals surface area contributed by atoms with Crippen LogP contribution < -0.4 is 0 Å². The molecule has 0 aromatic heterocycles. The van der Waals surface area contributed by atoms with Gasteiger partial charge in [0.25, 0.3) is 7.72 Å². The smallest absolute Gasteiger partial charge is 0.335 e. The number of carboxylic acid groups (broad SMARTS) is 1. The van der Waals surface area contributed by atoms with Gasteiger partial charge in [-0.05, 0) is 37.7 Å². The monoisotopic (exact) mass is 285 g/mol. The van der Waals surface area contributed by atoms with E-state index in [2.05, 4.69) is 0 Å². The molecule has 1 fully saturated rings. The largest absolute Gasteiger partial charge is 0.478 e. The van der Waals surface area contributed by atoms with Crippen LogP contribution in [0.3, 0.4) is 0 Å². The number of hydrogen-bond donors (Lipinski definition) is 3. The number of carbonyl (C=O) groups is 1. The van der Waals surface area contributed by atoms with Gasteiger partial charge in [-0.25, -0.2) is 14.6 Å². The second-order valence-electron chi connectivity index (χ2n) is 5.52. The third-order valence-electron chi connectivity index (χ3n) is 3.98. The summed E-state index contributed by atoms with van der Waals surface area (Å²) in [6.07, 6.45) is 10.3. The Morgan fingerprint density at radius 3 is 2.53 bits per heavy atom. The lowest BCUT2D eigenvalue weighted by molar-refractivity contribution is -0.132. The molecule has 0 atom stereocenters. The van der Waals surface area contributed by atoms with E-state index in [1.165, 1.54) is 0 Å². The Balaban J connectivity index is 2.09. The first kappa shape index (κ1) is 14.7. The molecule has 0 spiro atoms. The van der Waals surface area contributed by atoms with E-state index in [1.807, 2.05) is 6.08 Å². The van der Waals surface area contributed by atoms with Gasteiger partial charge in [-0.15, -0.1) is 0 Å². The second kappa shape index (κ2) is 6.17. The van der Waals surface area contributed by atoms with Gasteiger partial charge in [-0.2, -0.15) is 0 Å². The number of aliphatic carboxylic acids is 1. The zero-order valence-electron chi connectivity index (χ0n) is 11.1. The molecule has 2 aliphatic carbocycles. The second-order valence-corrected chi connectivity index (χ2v) is 7.87. The molecule has 0 aromatic rings. The first-order valence-corrected chi connectivity index (χ1v) is 8.84. The third kappa shape index (κ3) is 3.88. The lowest BCUT2D eigenvalue weighted by atomic mass is 10.1. The van der Waals surface area contributed by atoms with Gasteiger partial charge in [-0.3, -0.25) is 0 Å². The van der Waals surface area contributed by atoms with Crippen molar-refractivity contribution in [2.75, 3.05) is 6.16 Å². The molecule has 0 unspecified atom stereocenters. The number of hydrogen-bond acceptors (Lipinski definition) is 3. The van der Waals surface area contributed by atoms with Crippen LogP contribution >= 0.6 is 7.72 Å². The standard InChI is InChI=1S/C14H21O4P/c15-14(16)12(9-11-5-1-2-6-11)10-19(17,18)13-7-3-4-8-13/h7,9,11,17-18H,1-6,8,10H2/p+1. The van der Waals surface area contributed by atoms with Gasteiger partial charge < -0.3 is 5.11 Å². The summed E-state index contributed by atoms with van der Waals surface area (Å²) in [5, 5.41) is 9.92. The first-order chi connectivity index (χ1) is 8.99. The van der Waals surface area contributed by atoms with Crippen LogP contribution in [-0.4, -0.2) is 27.0 Å². The van der Waals surface area contributed by atoms with Crippen molar-refractivity contribution in [3.8, 4) is 0 Å². The maximum absolute atomic E-state index is 11.3. The van der Waals surface area contributed by atoms with Crippen LogP contribution in [0.2, 0.25) is 0 Å². The highest BCUT2D eigenvalue weighted by Gasteiger charge is 2.42. The van der Waals surface area contributed by atoms with Crippen LogP contribution in [0.4, 0.5) is 0 Å². The van der Waals surface area contributed by atoms with Crippen molar-refractivity contribution in [3.05, 3.63) is 23.0 Å². The van der Waals surface area contributed by atoms with Crippen LogP contribution in [-0.2, 0) is 4.79 Å². The van der Waals surface area contributed by atoms with Crippen molar-refractivity contribution in [2.24, 2.45) is 5.92 Å². The molecule has 2 aliphatic rings. The quantitative estimate of drug-likeness (QED) is 0.536. The van der Waals surface area contributed by atoms with E-state index in [-0.39, 0.29) is 11.7 Å². The molecular weight excluding hydrogens is 263 g/mol. The Labute approximate surface area is 114 Å². The average molecular weight is 285 g/mol. The van der Waals surface area contributed by atoms with Crippen LogP contribution in [0.25, 0.3) is 0 Å². The predicted molar refractivity (Wildman–Crippen MR) is 75.8 cm³/mol. The summed E-state index contributed by atoms with van der Waals surface area (Å²) in [5.74, 6) is -0.721. The summed E-state index contributed by atoms with van der Waals surface area (Å²) in [5.41, 5.74) is 0.179. The van der Waals surface area contributed by atoms with E-state index in [0.717, 1.165) is 38.5 Å². The van der Waals surface area contributed by atoms with Crippen LogP contribution in [0.1, 0.15) is 44.9 Å². The van der Waals surface area contributed by atoms with E-state index in [1.54, 1.807) is 6.08 Å². The van der Waals surface area contributed by atoms with Crippen LogP contribution in [0.15, 0.2) is 23.0 Å². The van der Waals surface area contributed by atoms with Crippen molar-refractivity contribution in [2.45, 2.75) is 44.9 Å². The maximum atomic E-state index is 11.3. The molecule has 0 aliphatic heterocycles. The SMILES string of the molecule is O=C(O)C(=CC1CCCC1)C[P+](O)(O)C1=CCCC1. The molecule has 0 aromatic carbocycles. The summed E-state index contributed by atoms with van der Waals surface area (Å²) < 4.78 is 0. The van der Waals surface area contributed by atoms with E-state index in [4.69, 9.17) is 0 Å². The summed E-state index contributed by atoms with van der Waals surface area (Å²) in [6.45, 7) is 0. The fourth-order valence-corrected chi connectivity index (χ4v) is 4.77. The molecule has 4 nitrogen and oxygen atoms in total. The van der Waals surface area contributed by atoms with Gasteiger partial charge in [-0.1, -0.05) is 18.9 Å². The Morgan fingerprint density at radius 1 is 1.32 bits per heavy atom. The average Bonchev–Trinajstić information content (AvgIpc) is 3.00. The Kier molecular flexibility index (Phi) is 4.77. The Morgan fingerprint density at radius 2 is 2.00 bits per heavy atom. The van der Waals surface area contributed by atoms with Gasteiger partial charge in [0.15, 0.2) is 0 Å². The van der Waals surface area contributed by atoms with Gasteiger partial charge in [0.1, 0.15) is 11.5 Å². The normalized spacial score (nSPS) is 21.8. The number of rotatable bonds is 5. The molecule has 2 rings (SSSR count). The zero-order valence-corrected chi connectivity index (χ0v) is 12.0. The third-order valence-corrected chi connectivity index (χ3v) is 6.09. The molecule has 0 amide bonds. The highest BCUT2D eigenvalue weighted by Crippen LogP contribution is 2.62. The van der Waals surface area contributed by atoms with E-state index >= 15 is 0 Å². The van der Waals surface area contributed by atoms with Gasteiger partial charge in [0.2, 0.25) is 0 Å². The summed E-state index contributed by atoms with van der Waals surface area (Å²) in [4.78, 5) is 31.7. The van der Waals surface area contributed by atoms with E-state index < -0.39 is 13.7 Å².